The van der Waals surface area contributed by atoms with E-state index in [0.29, 0.717) is 0 Å². The zero-order valence-electron chi connectivity index (χ0n) is 14.8. The molecule has 0 spiro atoms. The number of thiazole rings is 1. The van der Waals surface area contributed by atoms with Crippen LogP contribution in [-0.2, 0) is 13.0 Å². The minimum Gasteiger partial charge on any atom is -0.356 e. The highest BCUT2D eigenvalue weighted by Crippen LogP contribution is 2.15. The van der Waals surface area contributed by atoms with Crippen LogP contribution in [0.5, 0.6) is 0 Å². The number of hydrogen-bond acceptors (Lipinski definition) is 4. The minimum absolute atomic E-state index is 0.736. The summed E-state index contributed by atoms with van der Waals surface area (Å²) in [6.07, 6.45) is 4.87. The SMILES string of the molecule is CCc1nc(CNC(=NC)NCCCN2CCC(C)CC2)cs1. The van der Waals surface area contributed by atoms with E-state index in [1.165, 1.54) is 37.5 Å². The zero-order valence-corrected chi connectivity index (χ0v) is 15.6. The Kier molecular flexibility index (Phi) is 7.82. The fraction of sp³-hybridized carbons (Fsp3) is 0.765. The van der Waals surface area contributed by atoms with Crippen molar-refractivity contribution in [3.63, 3.8) is 0 Å². The lowest BCUT2D eigenvalue weighted by molar-refractivity contribution is 0.191. The van der Waals surface area contributed by atoms with Crippen molar-refractivity contribution >= 4 is 17.3 Å². The number of nitrogens with zero attached hydrogens (tertiary/aromatic N) is 3. The predicted molar refractivity (Wildman–Crippen MR) is 99.1 cm³/mol. The fourth-order valence-electron chi connectivity index (χ4n) is 2.78. The van der Waals surface area contributed by atoms with Crippen LogP contribution in [0.25, 0.3) is 0 Å². The molecule has 2 N–H and O–H groups in total. The summed E-state index contributed by atoms with van der Waals surface area (Å²) < 4.78 is 0. The molecule has 1 aliphatic rings. The van der Waals surface area contributed by atoms with Gasteiger partial charge in [-0.15, -0.1) is 11.3 Å². The first kappa shape index (κ1) is 18.2. The van der Waals surface area contributed by atoms with Gasteiger partial charge >= 0.3 is 0 Å². The molecule has 130 valence electrons. The Morgan fingerprint density at radius 3 is 2.83 bits per heavy atom. The molecule has 0 aromatic carbocycles. The number of likely N-dealkylation sites (tertiary alicyclic amines) is 1. The molecule has 2 heterocycles. The highest BCUT2D eigenvalue weighted by molar-refractivity contribution is 7.09. The van der Waals surface area contributed by atoms with Gasteiger partial charge in [0.15, 0.2) is 5.96 Å². The molecule has 0 radical (unpaired) electrons. The first-order chi connectivity index (χ1) is 11.2. The molecule has 1 fully saturated rings. The number of aryl methyl sites for hydroxylation is 1. The quantitative estimate of drug-likeness (QED) is 0.456. The van der Waals surface area contributed by atoms with Crippen molar-refractivity contribution < 1.29 is 0 Å². The number of rotatable bonds is 7. The second-order valence-electron chi connectivity index (χ2n) is 6.32. The van der Waals surface area contributed by atoms with Gasteiger partial charge < -0.3 is 15.5 Å². The molecule has 0 amide bonds. The summed E-state index contributed by atoms with van der Waals surface area (Å²) in [6, 6.07) is 0. The highest BCUT2D eigenvalue weighted by Gasteiger charge is 2.14. The average Bonchev–Trinajstić information content (AvgIpc) is 3.04. The van der Waals surface area contributed by atoms with Crippen LogP contribution in [0.2, 0.25) is 0 Å². The lowest BCUT2D eigenvalue weighted by Gasteiger charge is -2.30. The van der Waals surface area contributed by atoms with E-state index in [1.54, 1.807) is 11.3 Å². The number of aromatic nitrogens is 1. The van der Waals surface area contributed by atoms with Crippen molar-refractivity contribution in [2.75, 3.05) is 33.2 Å². The van der Waals surface area contributed by atoms with Gasteiger partial charge in [0.1, 0.15) is 0 Å². The van der Waals surface area contributed by atoms with E-state index in [0.717, 1.165) is 43.5 Å². The van der Waals surface area contributed by atoms with Gasteiger partial charge in [-0.2, -0.15) is 0 Å². The van der Waals surface area contributed by atoms with Gasteiger partial charge in [0.2, 0.25) is 0 Å². The molecule has 1 aromatic heterocycles. The summed E-state index contributed by atoms with van der Waals surface area (Å²) in [6.45, 7) is 9.90. The summed E-state index contributed by atoms with van der Waals surface area (Å²) in [5, 5.41) is 10.0. The molecule has 6 heteroatoms. The monoisotopic (exact) mass is 337 g/mol. The molecule has 5 nitrogen and oxygen atoms in total. The van der Waals surface area contributed by atoms with E-state index in [2.05, 4.69) is 44.7 Å². The molecular weight excluding hydrogens is 306 g/mol. The number of piperidine rings is 1. The largest absolute Gasteiger partial charge is 0.356 e. The van der Waals surface area contributed by atoms with Crippen LogP contribution in [0.1, 0.15) is 43.8 Å². The normalized spacial score (nSPS) is 17.4. The first-order valence-corrected chi connectivity index (χ1v) is 9.69. The molecule has 1 saturated heterocycles. The van der Waals surface area contributed by atoms with Crippen LogP contribution >= 0.6 is 11.3 Å². The van der Waals surface area contributed by atoms with E-state index < -0.39 is 0 Å². The second kappa shape index (κ2) is 9.88. The topological polar surface area (TPSA) is 52.6 Å². The molecule has 0 aliphatic carbocycles. The third kappa shape index (κ3) is 6.47. The van der Waals surface area contributed by atoms with Crippen molar-refractivity contribution in [1.82, 2.24) is 20.5 Å². The van der Waals surface area contributed by atoms with Gasteiger partial charge in [-0.25, -0.2) is 4.98 Å². The lowest BCUT2D eigenvalue weighted by Crippen LogP contribution is -2.39. The third-order valence-corrected chi connectivity index (χ3v) is 5.42. The van der Waals surface area contributed by atoms with Crippen molar-refractivity contribution in [2.45, 2.75) is 46.1 Å². The molecule has 0 bridgehead atoms. The second-order valence-corrected chi connectivity index (χ2v) is 7.26. The third-order valence-electron chi connectivity index (χ3n) is 4.38. The van der Waals surface area contributed by atoms with Crippen LogP contribution in [0, 0.1) is 5.92 Å². The Balaban J connectivity index is 1.59. The van der Waals surface area contributed by atoms with E-state index in [4.69, 9.17) is 0 Å². The number of aliphatic imine (C=N–C) groups is 1. The van der Waals surface area contributed by atoms with E-state index in [1.807, 2.05) is 7.05 Å². The van der Waals surface area contributed by atoms with Gasteiger partial charge in [-0.3, -0.25) is 4.99 Å². The maximum absolute atomic E-state index is 4.57. The Hall–Kier alpha value is -1.14. The summed E-state index contributed by atoms with van der Waals surface area (Å²) >= 11 is 1.73. The molecule has 0 unspecified atom stereocenters. The van der Waals surface area contributed by atoms with E-state index >= 15 is 0 Å². The molecular formula is C17H31N5S. The number of hydrogen-bond donors (Lipinski definition) is 2. The fourth-order valence-corrected chi connectivity index (χ4v) is 3.53. The molecule has 1 aliphatic heterocycles. The van der Waals surface area contributed by atoms with E-state index in [-0.39, 0.29) is 0 Å². The van der Waals surface area contributed by atoms with Gasteiger partial charge in [-0.1, -0.05) is 13.8 Å². The average molecular weight is 338 g/mol. The Morgan fingerprint density at radius 1 is 1.39 bits per heavy atom. The van der Waals surface area contributed by atoms with Crippen molar-refractivity contribution in [3.8, 4) is 0 Å². The summed E-state index contributed by atoms with van der Waals surface area (Å²) in [4.78, 5) is 11.4. The summed E-state index contributed by atoms with van der Waals surface area (Å²) in [5.74, 6) is 1.77. The number of nitrogens with one attached hydrogen (secondary N) is 2. The minimum atomic E-state index is 0.736. The maximum atomic E-state index is 4.57. The van der Waals surface area contributed by atoms with Crippen LogP contribution in [0.15, 0.2) is 10.4 Å². The molecule has 1 aromatic rings. The van der Waals surface area contributed by atoms with Gasteiger partial charge in [0, 0.05) is 19.0 Å². The van der Waals surface area contributed by atoms with Gasteiger partial charge in [0.25, 0.3) is 0 Å². The zero-order chi connectivity index (χ0) is 16.5. The standard InChI is InChI=1S/C17H31N5S/c1-4-16-21-15(13-23-16)12-20-17(18-3)19-8-5-9-22-10-6-14(2)7-11-22/h13-14H,4-12H2,1-3H3,(H2,18,19,20). The van der Waals surface area contributed by atoms with Crippen LogP contribution in [0.3, 0.4) is 0 Å². The smallest absolute Gasteiger partial charge is 0.191 e. The van der Waals surface area contributed by atoms with Crippen molar-refractivity contribution in [3.05, 3.63) is 16.1 Å². The Morgan fingerprint density at radius 2 is 2.17 bits per heavy atom. The van der Waals surface area contributed by atoms with Gasteiger partial charge in [0.05, 0.1) is 17.2 Å². The predicted octanol–water partition coefficient (Wildman–Crippen LogP) is 2.49. The Labute approximate surface area is 144 Å². The van der Waals surface area contributed by atoms with Gasteiger partial charge in [-0.05, 0) is 51.2 Å². The summed E-state index contributed by atoms with van der Waals surface area (Å²) in [7, 11) is 1.82. The van der Waals surface area contributed by atoms with Crippen LogP contribution < -0.4 is 10.6 Å². The van der Waals surface area contributed by atoms with Crippen molar-refractivity contribution in [1.29, 1.82) is 0 Å². The summed E-state index contributed by atoms with van der Waals surface area (Å²) in [5.41, 5.74) is 1.09. The number of guanidine groups is 1. The molecule has 0 saturated carbocycles. The van der Waals surface area contributed by atoms with Crippen LogP contribution in [0.4, 0.5) is 0 Å². The van der Waals surface area contributed by atoms with E-state index in [9.17, 15) is 0 Å². The first-order valence-electron chi connectivity index (χ1n) is 8.81. The Bertz CT molecular complexity index is 477. The molecule has 2 rings (SSSR count). The maximum Gasteiger partial charge on any atom is 0.191 e. The molecule has 0 atom stereocenters. The van der Waals surface area contributed by atoms with Crippen molar-refractivity contribution in [2.24, 2.45) is 10.9 Å². The molecule has 23 heavy (non-hydrogen) atoms. The van der Waals surface area contributed by atoms with Crippen LogP contribution in [-0.4, -0.2) is 49.1 Å². The highest BCUT2D eigenvalue weighted by atomic mass is 32.1. The lowest BCUT2D eigenvalue weighted by atomic mass is 9.99.